The van der Waals surface area contributed by atoms with Crippen molar-refractivity contribution in [3.8, 4) is 0 Å². The second kappa shape index (κ2) is 8.59. The maximum atomic E-state index is 11.5. The topological polar surface area (TPSA) is 154 Å². The third kappa shape index (κ3) is 6.97. The lowest BCUT2D eigenvalue weighted by molar-refractivity contribution is -0.141. The molecule has 0 fully saturated rings. The van der Waals surface area contributed by atoms with Gasteiger partial charge in [0.25, 0.3) is 0 Å². The quantitative estimate of drug-likeness (QED) is 0.119. The molecule has 0 bridgehead atoms. The Kier molecular flexibility index (Phi) is 7.88. The molecule has 18 heavy (non-hydrogen) atoms. The fraction of sp³-hybridized carbons (Fsp3) is 0.667. The summed E-state index contributed by atoms with van der Waals surface area (Å²) in [5.41, 5.74) is 10.7. The number of carbonyl (C=O) groups is 2. The Hall–Kier alpha value is -1.48. The fourth-order valence-electron chi connectivity index (χ4n) is 1.14. The first-order chi connectivity index (χ1) is 8.38. The van der Waals surface area contributed by atoms with E-state index in [9.17, 15) is 9.59 Å². The second-order valence-electron chi connectivity index (χ2n) is 3.67. The van der Waals surface area contributed by atoms with Crippen molar-refractivity contribution in [2.24, 2.45) is 11.5 Å². The van der Waals surface area contributed by atoms with Crippen LogP contribution in [-0.4, -0.2) is 47.3 Å². The van der Waals surface area contributed by atoms with Crippen LogP contribution in [0.4, 0.5) is 0 Å². The van der Waals surface area contributed by atoms with Crippen LogP contribution in [-0.2, 0) is 9.59 Å². The van der Waals surface area contributed by atoms with Gasteiger partial charge in [-0.25, -0.2) is 4.79 Å². The van der Waals surface area contributed by atoms with E-state index in [-0.39, 0.29) is 11.7 Å². The van der Waals surface area contributed by atoms with Gasteiger partial charge in [0.05, 0.1) is 6.04 Å². The summed E-state index contributed by atoms with van der Waals surface area (Å²) in [6, 6.07) is -1.83. The number of nitrogens with one attached hydrogen (secondary N) is 3. The minimum absolute atomic E-state index is 0.000312. The van der Waals surface area contributed by atoms with Gasteiger partial charge in [-0.3, -0.25) is 10.2 Å². The van der Waals surface area contributed by atoms with Crippen molar-refractivity contribution in [3.05, 3.63) is 0 Å². The number of hydrogen-bond donors (Lipinski definition) is 7. The molecule has 0 spiro atoms. The van der Waals surface area contributed by atoms with Gasteiger partial charge >= 0.3 is 5.97 Å². The monoisotopic (exact) mass is 277 g/mol. The van der Waals surface area contributed by atoms with Crippen LogP contribution >= 0.6 is 12.6 Å². The van der Waals surface area contributed by atoms with Gasteiger partial charge < -0.3 is 27.2 Å². The Labute approximate surface area is 110 Å². The molecule has 8 N–H and O–H groups in total. The first-order valence-corrected chi connectivity index (χ1v) is 5.99. The van der Waals surface area contributed by atoms with Crippen molar-refractivity contribution in [2.75, 3.05) is 12.3 Å². The third-order valence-electron chi connectivity index (χ3n) is 2.14. The molecule has 1 amide bonds. The van der Waals surface area contributed by atoms with Crippen LogP contribution in [0.1, 0.15) is 12.8 Å². The highest BCUT2D eigenvalue weighted by Gasteiger charge is 2.21. The molecule has 0 aliphatic rings. The first kappa shape index (κ1) is 16.5. The molecule has 1 unspecified atom stereocenters. The Morgan fingerprint density at radius 1 is 1.44 bits per heavy atom. The summed E-state index contributed by atoms with van der Waals surface area (Å²) in [5, 5.41) is 20.5. The molecule has 0 aromatic carbocycles. The van der Waals surface area contributed by atoms with Gasteiger partial charge in [-0.2, -0.15) is 12.6 Å². The molecule has 8 nitrogen and oxygen atoms in total. The molecule has 0 aromatic rings. The van der Waals surface area contributed by atoms with Crippen LogP contribution < -0.4 is 22.1 Å². The lowest BCUT2D eigenvalue weighted by atomic mass is 10.1. The molecular formula is C9H19N5O3S. The van der Waals surface area contributed by atoms with Crippen LogP contribution in [0, 0.1) is 5.41 Å². The maximum Gasteiger partial charge on any atom is 0.327 e. The summed E-state index contributed by atoms with van der Waals surface area (Å²) in [7, 11) is 0. The van der Waals surface area contributed by atoms with E-state index in [1.54, 1.807) is 0 Å². The van der Waals surface area contributed by atoms with E-state index in [2.05, 4.69) is 23.3 Å². The molecule has 0 aliphatic heterocycles. The van der Waals surface area contributed by atoms with E-state index < -0.39 is 24.0 Å². The minimum Gasteiger partial charge on any atom is -0.480 e. The van der Waals surface area contributed by atoms with Crippen LogP contribution in [0.25, 0.3) is 0 Å². The largest absolute Gasteiger partial charge is 0.480 e. The van der Waals surface area contributed by atoms with Crippen molar-refractivity contribution >= 4 is 30.5 Å². The Bertz CT molecular complexity index is 313. The lowest BCUT2D eigenvalue weighted by Gasteiger charge is -2.16. The van der Waals surface area contributed by atoms with E-state index in [0.29, 0.717) is 19.4 Å². The zero-order valence-corrected chi connectivity index (χ0v) is 10.7. The molecule has 0 rings (SSSR count). The van der Waals surface area contributed by atoms with Crippen molar-refractivity contribution in [1.29, 1.82) is 5.41 Å². The third-order valence-corrected chi connectivity index (χ3v) is 2.51. The number of guanidine groups is 1. The summed E-state index contributed by atoms with van der Waals surface area (Å²) < 4.78 is 0. The molecule has 0 heterocycles. The predicted molar refractivity (Wildman–Crippen MR) is 70.5 cm³/mol. The average molecular weight is 277 g/mol. The van der Waals surface area contributed by atoms with Gasteiger partial charge in [-0.1, -0.05) is 0 Å². The van der Waals surface area contributed by atoms with Gasteiger partial charge in [-0.05, 0) is 12.8 Å². The summed E-state index contributed by atoms with van der Waals surface area (Å²) in [6.45, 7) is 0.436. The van der Waals surface area contributed by atoms with E-state index in [4.69, 9.17) is 22.0 Å². The predicted octanol–water partition coefficient (Wildman–Crippen LogP) is -1.92. The average Bonchev–Trinajstić information content (AvgIpc) is 2.30. The highest BCUT2D eigenvalue weighted by atomic mass is 32.1. The second-order valence-corrected chi connectivity index (χ2v) is 4.04. The number of carboxylic acids is 1. The van der Waals surface area contributed by atoms with E-state index >= 15 is 0 Å². The number of nitrogens with two attached hydrogens (primary N) is 2. The van der Waals surface area contributed by atoms with E-state index in [1.165, 1.54) is 0 Å². The number of thiol groups is 1. The normalized spacial score (nSPS) is 13.4. The Morgan fingerprint density at radius 2 is 2.06 bits per heavy atom. The first-order valence-electron chi connectivity index (χ1n) is 5.36. The number of hydrogen-bond acceptors (Lipinski definition) is 5. The summed E-state index contributed by atoms with van der Waals surface area (Å²) >= 11 is 3.82. The molecule has 0 saturated carbocycles. The van der Waals surface area contributed by atoms with E-state index in [0.717, 1.165) is 0 Å². The number of rotatable bonds is 8. The SMILES string of the molecule is N=C(N)NCCCC(N)C(=O)N[C@@H](CS)C(=O)O. The van der Waals surface area contributed by atoms with Gasteiger partial charge in [0.1, 0.15) is 6.04 Å². The Morgan fingerprint density at radius 3 is 2.50 bits per heavy atom. The zero-order chi connectivity index (χ0) is 14.1. The van der Waals surface area contributed by atoms with Crippen LogP contribution in [0.3, 0.4) is 0 Å². The lowest BCUT2D eigenvalue weighted by Crippen LogP contribution is -2.49. The molecule has 9 heteroatoms. The minimum atomic E-state index is -1.15. The van der Waals surface area contributed by atoms with Crippen molar-refractivity contribution in [1.82, 2.24) is 10.6 Å². The number of amides is 1. The molecular weight excluding hydrogens is 258 g/mol. The van der Waals surface area contributed by atoms with Crippen molar-refractivity contribution in [2.45, 2.75) is 24.9 Å². The van der Waals surface area contributed by atoms with Gasteiger partial charge in [0.2, 0.25) is 5.91 Å². The highest BCUT2D eigenvalue weighted by Crippen LogP contribution is 1.96. The van der Waals surface area contributed by atoms with Gasteiger partial charge in [0.15, 0.2) is 5.96 Å². The highest BCUT2D eigenvalue weighted by molar-refractivity contribution is 7.80. The number of aliphatic carboxylic acids is 1. The molecule has 104 valence electrons. The molecule has 0 aromatic heterocycles. The standard InChI is InChI=1S/C9H19N5O3S/c10-5(2-1-3-13-9(11)12)7(15)14-6(4-18)8(16)17/h5-6,18H,1-4,10H2,(H,14,15)(H,16,17)(H4,11,12,13)/t5?,6-/m0/s1. The van der Waals surface area contributed by atoms with Crippen molar-refractivity contribution < 1.29 is 14.7 Å². The molecule has 0 aliphatic carbocycles. The molecule has 0 radical (unpaired) electrons. The van der Waals surface area contributed by atoms with Gasteiger partial charge in [0, 0.05) is 12.3 Å². The van der Waals surface area contributed by atoms with Crippen LogP contribution in [0.5, 0.6) is 0 Å². The van der Waals surface area contributed by atoms with E-state index in [1.807, 2.05) is 0 Å². The van der Waals surface area contributed by atoms with Crippen LogP contribution in [0.15, 0.2) is 0 Å². The summed E-state index contributed by atoms with van der Waals surface area (Å²) in [5.74, 6) is -1.82. The molecule has 2 atom stereocenters. The number of carboxylic acid groups (broad SMARTS) is 1. The molecule has 0 saturated heterocycles. The number of carbonyl (C=O) groups excluding carboxylic acids is 1. The van der Waals surface area contributed by atoms with Gasteiger partial charge in [-0.15, -0.1) is 0 Å². The van der Waals surface area contributed by atoms with Crippen LogP contribution in [0.2, 0.25) is 0 Å². The summed E-state index contributed by atoms with van der Waals surface area (Å²) in [6.07, 6.45) is 0.914. The summed E-state index contributed by atoms with van der Waals surface area (Å²) in [4.78, 5) is 22.2. The Balaban J connectivity index is 3.95. The zero-order valence-electron chi connectivity index (χ0n) is 9.85. The fourth-order valence-corrected chi connectivity index (χ4v) is 1.39. The smallest absolute Gasteiger partial charge is 0.327 e. The maximum absolute atomic E-state index is 11.5. The van der Waals surface area contributed by atoms with Crippen molar-refractivity contribution in [3.63, 3.8) is 0 Å².